The van der Waals surface area contributed by atoms with Gasteiger partial charge in [0.15, 0.2) is 16.4 Å². The van der Waals surface area contributed by atoms with Crippen LogP contribution in [0, 0.1) is 0 Å². The number of nitrogens with one attached hydrogen (secondary N) is 2. The Balaban J connectivity index is 1.16. The number of hydrogen-bond donors (Lipinski definition) is 2. The summed E-state index contributed by atoms with van der Waals surface area (Å²) in [6, 6.07) is 21.7. The van der Waals surface area contributed by atoms with Crippen LogP contribution in [-0.2, 0) is 21.6 Å². The quantitative estimate of drug-likeness (QED) is 0.475. The number of amides is 1. The molecule has 1 heterocycles. The van der Waals surface area contributed by atoms with E-state index in [1.54, 1.807) is 0 Å². The van der Waals surface area contributed by atoms with Crippen LogP contribution in [0.5, 0.6) is 11.5 Å². The molecule has 1 unspecified atom stereocenters. The molecule has 34 heavy (non-hydrogen) atoms. The average molecular weight is 475 g/mol. The molecule has 1 amide bonds. The van der Waals surface area contributed by atoms with Gasteiger partial charge in [-0.25, -0.2) is 0 Å². The number of ether oxygens (including phenoxy) is 2. The van der Waals surface area contributed by atoms with Crippen molar-refractivity contribution in [1.29, 1.82) is 0 Å². The van der Waals surface area contributed by atoms with Gasteiger partial charge in [0.25, 0.3) is 0 Å². The summed E-state index contributed by atoms with van der Waals surface area (Å²) >= 11 is -1.18. The first kappa shape index (κ1) is 21.5. The summed E-state index contributed by atoms with van der Waals surface area (Å²) in [5.41, 5.74) is 3.21. The van der Waals surface area contributed by atoms with Crippen molar-refractivity contribution >= 4 is 23.0 Å². The fraction of sp³-hybridized carbons (Fsp3) is 0.296. The van der Waals surface area contributed by atoms with Crippen molar-refractivity contribution in [2.75, 3.05) is 12.1 Å². The highest BCUT2D eigenvalue weighted by atomic mass is 32.2. The molecule has 6 rings (SSSR count). The van der Waals surface area contributed by atoms with Crippen LogP contribution in [0.2, 0.25) is 0 Å². The summed E-state index contributed by atoms with van der Waals surface area (Å²) < 4.78 is 26.6. The molecule has 2 saturated carbocycles. The van der Waals surface area contributed by atoms with Crippen molar-refractivity contribution in [1.82, 2.24) is 4.72 Å². The molecule has 1 aliphatic heterocycles. The largest absolute Gasteiger partial charge is 0.593 e. The molecule has 6 nitrogen and oxygen atoms in total. The van der Waals surface area contributed by atoms with E-state index in [1.807, 2.05) is 66.7 Å². The third-order valence-corrected chi connectivity index (χ3v) is 8.26. The zero-order chi connectivity index (χ0) is 23.1. The van der Waals surface area contributed by atoms with Crippen molar-refractivity contribution in [3.63, 3.8) is 0 Å². The molecule has 3 aromatic carbocycles. The first-order valence-electron chi connectivity index (χ1n) is 11.7. The lowest BCUT2D eigenvalue weighted by atomic mass is 9.94. The van der Waals surface area contributed by atoms with Crippen molar-refractivity contribution in [2.24, 2.45) is 0 Å². The number of benzene rings is 3. The van der Waals surface area contributed by atoms with E-state index in [2.05, 4.69) is 10.0 Å². The Kier molecular flexibility index (Phi) is 5.48. The summed E-state index contributed by atoms with van der Waals surface area (Å²) in [6.45, 7) is 0.221. The van der Waals surface area contributed by atoms with E-state index in [9.17, 15) is 9.35 Å². The van der Waals surface area contributed by atoms with Crippen LogP contribution in [0.4, 0.5) is 5.69 Å². The number of anilines is 1. The van der Waals surface area contributed by atoms with E-state index in [-0.39, 0.29) is 12.7 Å². The minimum atomic E-state index is -1.18. The van der Waals surface area contributed by atoms with Crippen molar-refractivity contribution in [2.45, 2.75) is 48.5 Å². The Morgan fingerprint density at radius 1 is 0.941 bits per heavy atom. The Morgan fingerprint density at radius 3 is 2.47 bits per heavy atom. The van der Waals surface area contributed by atoms with Crippen LogP contribution in [-0.4, -0.2) is 23.3 Å². The molecule has 0 bridgehead atoms. The Morgan fingerprint density at radius 2 is 1.74 bits per heavy atom. The maximum atomic E-state index is 13.3. The second-order valence-electron chi connectivity index (χ2n) is 9.22. The summed E-state index contributed by atoms with van der Waals surface area (Å²) in [7, 11) is 0. The van der Waals surface area contributed by atoms with Gasteiger partial charge in [-0.3, -0.25) is 4.79 Å². The van der Waals surface area contributed by atoms with Crippen LogP contribution in [0.25, 0.3) is 11.1 Å². The molecule has 3 aliphatic rings. The minimum Gasteiger partial charge on any atom is -0.593 e. The van der Waals surface area contributed by atoms with E-state index in [1.165, 1.54) is 6.42 Å². The van der Waals surface area contributed by atoms with Crippen molar-refractivity contribution < 1.29 is 18.8 Å². The van der Waals surface area contributed by atoms with Crippen LogP contribution < -0.4 is 19.5 Å². The van der Waals surface area contributed by atoms with Crippen LogP contribution in [0.1, 0.15) is 37.7 Å². The van der Waals surface area contributed by atoms with Crippen LogP contribution in [0.15, 0.2) is 71.6 Å². The SMILES string of the molecule is O=C(Nc1cccc(-c2ccc([S+]([O-])NC3CCC3)cc2)c1)C1(c2ccc3c(c2)OCO3)CC1. The van der Waals surface area contributed by atoms with E-state index in [4.69, 9.17) is 9.47 Å². The molecular weight excluding hydrogens is 448 g/mol. The van der Waals surface area contributed by atoms with Crippen LogP contribution >= 0.6 is 0 Å². The fourth-order valence-electron chi connectivity index (χ4n) is 4.51. The average Bonchev–Trinajstić information content (AvgIpc) is 3.52. The first-order chi connectivity index (χ1) is 16.6. The number of hydrogen-bond acceptors (Lipinski definition) is 5. The van der Waals surface area contributed by atoms with Gasteiger partial charge >= 0.3 is 0 Å². The standard InChI is InChI=1S/C27H26N2O4S/c30-26(27(13-14-27)20-9-12-24-25(16-20)33-17-32-24)28-22-6-1-3-19(15-22)18-7-10-23(11-8-18)34(31)29-21-4-2-5-21/h1,3,6-12,15-16,21,29H,2,4-5,13-14,17H2,(H,28,30). The smallest absolute Gasteiger partial charge is 0.235 e. The molecule has 2 aliphatic carbocycles. The molecule has 0 spiro atoms. The molecule has 1 atom stereocenters. The lowest BCUT2D eigenvalue weighted by Gasteiger charge is -2.26. The topological polar surface area (TPSA) is 82.7 Å². The maximum Gasteiger partial charge on any atom is 0.235 e. The lowest BCUT2D eigenvalue weighted by molar-refractivity contribution is -0.118. The van der Waals surface area contributed by atoms with Crippen molar-refractivity contribution in [3.8, 4) is 22.6 Å². The Labute approximate surface area is 202 Å². The summed E-state index contributed by atoms with van der Waals surface area (Å²) in [5.74, 6) is 1.42. The predicted molar refractivity (Wildman–Crippen MR) is 131 cm³/mol. The van der Waals surface area contributed by atoms with E-state index < -0.39 is 16.8 Å². The van der Waals surface area contributed by atoms with Gasteiger partial charge in [-0.15, -0.1) is 4.72 Å². The van der Waals surface area contributed by atoms with Gasteiger partial charge in [-0.05, 0) is 90.9 Å². The summed E-state index contributed by atoms with van der Waals surface area (Å²) in [4.78, 5) is 14.0. The molecule has 174 valence electrons. The summed E-state index contributed by atoms with van der Waals surface area (Å²) in [6.07, 6.45) is 5.02. The number of rotatable bonds is 7. The molecule has 0 aromatic heterocycles. The van der Waals surface area contributed by atoms with E-state index in [0.29, 0.717) is 11.8 Å². The number of carbonyl (C=O) groups excluding carboxylic acids is 1. The monoisotopic (exact) mass is 474 g/mol. The molecule has 0 radical (unpaired) electrons. The second-order valence-corrected chi connectivity index (χ2v) is 10.5. The fourth-order valence-corrected chi connectivity index (χ4v) is 5.57. The van der Waals surface area contributed by atoms with Gasteiger partial charge in [0.2, 0.25) is 12.7 Å². The third-order valence-electron chi connectivity index (χ3n) is 7.01. The highest BCUT2D eigenvalue weighted by Gasteiger charge is 2.51. The highest BCUT2D eigenvalue weighted by Crippen LogP contribution is 2.51. The van der Waals surface area contributed by atoms with Gasteiger partial charge in [0.05, 0.1) is 22.8 Å². The second kappa shape index (κ2) is 8.65. The molecule has 0 saturated heterocycles. The molecular formula is C27H26N2O4S. The molecule has 3 aromatic rings. The predicted octanol–water partition coefficient (Wildman–Crippen LogP) is 4.92. The first-order valence-corrected chi connectivity index (χ1v) is 12.9. The van der Waals surface area contributed by atoms with Gasteiger partial charge in [-0.1, -0.05) is 24.6 Å². The van der Waals surface area contributed by atoms with Crippen molar-refractivity contribution in [3.05, 3.63) is 72.3 Å². The molecule has 7 heteroatoms. The lowest BCUT2D eigenvalue weighted by Crippen LogP contribution is -2.39. The maximum absolute atomic E-state index is 13.3. The number of carbonyl (C=O) groups is 1. The normalized spacial score (nSPS) is 18.7. The van der Waals surface area contributed by atoms with Gasteiger partial charge < -0.3 is 19.3 Å². The summed E-state index contributed by atoms with van der Waals surface area (Å²) in [5, 5.41) is 3.12. The van der Waals surface area contributed by atoms with Crippen LogP contribution in [0.3, 0.4) is 0 Å². The number of fused-ring (bicyclic) bond motifs is 1. The minimum absolute atomic E-state index is 0.00340. The molecule has 2 N–H and O–H groups in total. The zero-order valence-electron chi connectivity index (χ0n) is 18.7. The Bertz CT molecular complexity index is 1220. The van der Waals surface area contributed by atoms with E-state index >= 15 is 0 Å². The third kappa shape index (κ3) is 4.04. The van der Waals surface area contributed by atoms with Gasteiger partial charge in [-0.2, -0.15) is 0 Å². The Hall–Kier alpha value is -3.00. The van der Waals surface area contributed by atoms with Gasteiger partial charge in [0.1, 0.15) is 0 Å². The zero-order valence-corrected chi connectivity index (χ0v) is 19.5. The van der Waals surface area contributed by atoms with Gasteiger partial charge in [0, 0.05) is 5.69 Å². The van der Waals surface area contributed by atoms with E-state index in [0.717, 1.165) is 58.7 Å². The highest BCUT2D eigenvalue weighted by molar-refractivity contribution is 7.89. The molecule has 2 fully saturated rings.